The highest BCUT2D eigenvalue weighted by atomic mass is 14.5. The topological polar surface area (TPSA) is 0 Å². The van der Waals surface area contributed by atoms with Gasteiger partial charge in [0.2, 0.25) is 0 Å². The zero-order valence-electron chi connectivity index (χ0n) is 16.4. The number of rotatable bonds is 4. The maximum absolute atomic E-state index is 2.34. The smallest absolute Gasteiger partial charge is 0.0277 e. The lowest BCUT2D eigenvalue weighted by Gasteiger charge is -2.15. The Morgan fingerprint density at radius 3 is 1.50 bits per heavy atom. The fourth-order valence-electron chi connectivity index (χ4n) is 3.16. The molecule has 0 heterocycles. The fraction of sp³-hybridized carbons (Fsp3) is 0.909. The van der Waals surface area contributed by atoms with E-state index in [2.05, 4.69) is 67.5 Å². The summed E-state index contributed by atoms with van der Waals surface area (Å²) >= 11 is 0. The van der Waals surface area contributed by atoms with E-state index in [0.717, 1.165) is 35.0 Å². The summed E-state index contributed by atoms with van der Waals surface area (Å²) < 4.78 is 0. The second-order valence-electron chi connectivity index (χ2n) is 8.26. The first kappa shape index (κ1) is 24.0. The van der Waals surface area contributed by atoms with Crippen molar-refractivity contribution >= 4 is 0 Å². The lowest BCUT2D eigenvalue weighted by atomic mass is 9.90. The number of allylic oxidation sites excluding steroid dienone is 2. The summed E-state index contributed by atoms with van der Waals surface area (Å²) in [6.45, 7) is 20.3. The Balaban J connectivity index is 0. The second kappa shape index (κ2) is 11.3. The van der Waals surface area contributed by atoms with Crippen molar-refractivity contribution in [2.24, 2.45) is 35.0 Å². The van der Waals surface area contributed by atoms with Crippen LogP contribution in [0.5, 0.6) is 0 Å². The van der Waals surface area contributed by atoms with E-state index in [1.165, 1.54) is 25.7 Å². The van der Waals surface area contributed by atoms with Crippen LogP contribution in [-0.2, 0) is 0 Å². The SMILES string of the molecule is C.C/C=C/C(C)C.CC(C)C1CC1C.CCC1(C(C)C)CC1. The predicted octanol–water partition coefficient (Wildman–Crippen LogP) is 7.99. The lowest BCUT2D eigenvalue weighted by molar-refractivity contribution is 0.347. The molecule has 0 nitrogen and oxygen atoms in total. The zero-order valence-corrected chi connectivity index (χ0v) is 16.4. The molecule has 0 aromatic rings. The predicted molar refractivity (Wildman–Crippen MR) is 105 cm³/mol. The normalized spacial score (nSPS) is 24.4. The van der Waals surface area contributed by atoms with Crippen molar-refractivity contribution in [2.45, 2.75) is 95.4 Å². The van der Waals surface area contributed by atoms with Crippen molar-refractivity contribution in [2.75, 3.05) is 0 Å². The molecule has 0 bridgehead atoms. The minimum Gasteiger partial charge on any atom is -0.0914 e. The molecule has 2 rings (SSSR count). The van der Waals surface area contributed by atoms with Gasteiger partial charge in [-0.25, -0.2) is 0 Å². The first-order valence-electron chi connectivity index (χ1n) is 9.33. The molecular formula is C22H46. The van der Waals surface area contributed by atoms with E-state index in [-0.39, 0.29) is 7.43 Å². The number of hydrogen-bond acceptors (Lipinski definition) is 0. The molecule has 0 aromatic carbocycles. The highest BCUT2D eigenvalue weighted by Crippen LogP contribution is 2.54. The van der Waals surface area contributed by atoms with E-state index in [9.17, 15) is 0 Å². The summed E-state index contributed by atoms with van der Waals surface area (Å²) in [4.78, 5) is 0. The summed E-state index contributed by atoms with van der Waals surface area (Å²) in [6, 6.07) is 0. The van der Waals surface area contributed by atoms with E-state index < -0.39 is 0 Å². The van der Waals surface area contributed by atoms with Crippen LogP contribution in [0.3, 0.4) is 0 Å². The molecular weight excluding hydrogens is 264 g/mol. The van der Waals surface area contributed by atoms with Crippen LogP contribution in [0, 0.1) is 35.0 Å². The maximum Gasteiger partial charge on any atom is -0.0277 e. The molecule has 2 atom stereocenters. The maximum atomic E-state index is 2.34. The van der Waals surface area contributed by atoms with Crippen molar-refractivity contribution in [1.29, 1.82) is 0 Å². The van der Waals surface area contributed by atoms with Crippen LogP contribution < -0.4 is 0 Å². The van der Waals surface area contributed by atoms with Crippen LogP contribution in [0.1, 0.15) is 95.4 Å². The largest absolute Gasteiger partial charge is 0.0914 e. The van der Waals surface area contributed by atoms with E-state index in [1.54, 1.807) is 0 Å². The molecule has 2 aliphatic carbocycles. The van der Waals surface area contributed by atoms with Crippen molar-refractivity contribution < 1.29 is 0 Å². The summed E-state index contributed by atoms with van der Waals surface area (Å²) in [7, 11) is 0. The Kier molecular flexibility index (Phi) is 12.3. The van der Waals surface area contributed by atoms with Crippen molar-refractivity contribution in [3.8, 4) is 0 Å². The van der Waals surface area contributed by atoms with Gasteiger partial charge in [-0.15, -0.1) is 0 Å². The first-order valence-corrected chi connectivity index (χ1v) is 9.33. The van der Waals surface area contributed by atoms with E-state index >= 15 is 0 Å². The van der Waals surface area contributed by atoms with Crippen molar-refractivity contribution in [3.05, 3.63) is 12.2 Å². The standard InChI is InChI=1S/C8H16.C7H14.C6H12.CH4/c1-4-8(5-6-8)7(2)3;1-5(2)7-4-6(7)3;1-4-5-6(2)3;/h7H,4-6H2,1-3H3;5-7H,4H2,1-3H3;4-6H,1-3H3;1H4/b;;5-4+;. The van der Waals surface area contributed by atoms with Gasteiger partial charge in [-0.1, -0.05) is 81.4 Å². The van der Waals surface area contributed by atoms with Crippen molar-refractivity contribution in [3.63, 3.8) is 0 Å². The second-order valence-corrected chi connectivity index (χ2v) is 8.26. The zero-order chi connectivity index (χ0) is 16.6. The Labute approximate surface area is 143 Å². The molecule has 0 spiro atoms. The third-order valence-corrected chi connectivity index (χ3v) is 5.43. The lowest BCUT2D eigenvalue weighted by Crippen LogP contribution is -2.06. The highest BCUT2D eigenvalue weighted by Gasteiger charge is 2.42. The summed E-state index contributed by atoms with van der Waals surface area (Å²) in [5.41, 5.74) is 0.792. The molecule has 0 saturated heterocycles. The fourth-order valence-corrected chi connectivity index (χ4v) is 3.16. The van der Waals surface area contributed by atoms with Crippen molar-refractivity contribution in [1.82, 2.24) is 0 Å². The minimum absolute atomic E-state index is 0. The van der Waals surface area contributed by atoms with Gasteiger partial charge in [-0.2, -0.15) is 0 Å². The Hall–Kier alpha value is -0.260. The first-order chi connectivity index (χ1) is 9.70. The molecule has 2 unspecified atom stereocenters. The molecule has 134 valence electrons. The quantitative estimate of drug-likeness (QED) is 0.461. The summed E-state index contributed by atoms with van der Waals surface area (Å²) in [5, 5.41) is 0. The van der Waals surface area contributed by atoms with Gasteiger partial charge in [-0.3, -0.25) is 0 Å². The van der Waals surface area contributed by atoms with Crippen LogP contribution in [0.2, 0.25) is 0 Å². The molecule has 2 aliphatic rings. The van der Waals surface area contributed by atoms with Gasteiger partial charge in [-0.05, 0) is 61.2 Å². The molecule has 0 heteroatoms. The molecule has 22 heavy (non-hydrogen) atoms. The van der Waals surface area contributed by atoms with Gasteiger partial charge >= 0.3 is 0 Å². The van der Waals surface area contributed by atoms with Crippen LogP contribution in [0.15, 0.2) is 12.2 Å². The van der Waals surface area contributed by atoms with Gasteiger partial charge in [0.05, 0.1) is 0 Å². The average molecular weight is 311 g/mol. The van der Waals surface area contributed by atoms with E-state index in [1.807, 2.05) is 6.92 Å². The highest BCUT2D eigenvalue weighted by molar-refractivity contribution is 4.93. The average Bonchev–Trinajstić information content (AvgIpc) is 3.25. The summed E-state index contributed by atoms with van der Waals surface area (Å²) in [6.07, 6.45) is 10.1. The van der Waals surface area contributed by atoms with Crippen LogP contribution in [0.25, 0.3) is 0 Å². The Bertz CT molecular complexity index is 278. The number of hydrogen-bond donors (Lipinski definition) is 0. The third-order valence-electron chi connectivity index (χ3n) is 5.43. The molecule has 0 aromatic heterocycles. The van der Waals surface area contributed by atoms with Gasteiger partial charge in [0.1, 0.15) is 0 Å². The Morgan fingerprint density at radius 2 is 1.50 bits per heavy atom. The van der Waals surface area contributed by atoms with E-state index in [4.69, 9.17) is 0 Å². The molecule has 0 aliphatic heterocycles. The van der Waals surface area contributed by atoms with Gasteiger partial charge in [0, 0.05) is 0 Å². The van der Waals surface area contributed by atoms with Crippen LogP contribution in [-0.4, -0.2) is 0 Å². The van der Waals surface area contributed by atoms with Gasteiger partial charge in [0.15, 0.2) is 0 Å². The molecule has 2 saturated carbocycles. The third kappa shape index (κ3) is 9.70. The minimum atomic E-state index is 0. The van der Waals surface area contributed by atoms with Crippen LogP contribution in [0.4, 0.5) is 0 Å². The molecule has 0 amide bonds. The summed E-state index contributed by atoms with van der Waals surface area (Å²) in [5.74, 6) is 4.69. The molecule has 0 radical (unpaired) electrons. The van der Waals surface area contributed by atoms with E-state index in [0.29, 0.717) is 0 Å². The molecule has 0 N–H and O–H groups in total. The van der Waals surface area contributed by atoms with Gasteiger partial charge in [0.25, 0.3) is 0 Å². The Morgan fingerprint density at radius 1 is 1.05 bits per heavy atom. The van der Waals surface area contributed by atoms with Crippen LogP contribution >= 0.6 is 0 Å². The molecule has 2 fully saturated rings. The monoisotopic (exact) mass is 310 g/mol. The van der Waals surface area contributed by atoms with Gasteiger partial charge < -0.3 is 0 Å².